The molecule has 0 saturated heterocycles. The minimum Gasteiger partial charge on any atom is -0.354 e. The van der Waals surface area contributed by atoms with Crippen molar-refractivity contribution in [3.63, 3.8) is 0 Å². The summed E-state index contributed by atoms with van der Waals surface area (Å²) in [4.78, 5) is 33.8. The molecule has 0 radical (unpaired) electrons. The van der Waals surface area contributed by atoms with E-state index in [1.165, 1.54) is 0 Å². The van der Waals surface area contributed by atoms with Crippen molar-refractivity contribution >= 4 is 17.7 Å². The van der Waals surface area contributed by atoms with Gasteiger partial charge in [0.1, 0.15) is 0 Å². The van der Waals surface area contributed by atoms with Gasteiger partial charge in [-0.15, -0.1) is 0 Å². The third-order valence-electron chi connectivity index (χ3n) is 2.18. The minimum atomic E-state index is -0.280. The molecule has 0 aliphatic rings. The molecule has 0 spiro atoms. The van der Waals surface area contributed by atoms with Crippen LogP contribution >= 0.6 is 0 Å². The number of rotatable bonds is 7. The predicted octanol–water partition coefficient (Wildman–Crippen LogP) is 0.324. The molecule has 0 aromatic rings. The largest absolute Gasteiger partial charge is 0.354 e. The number of amides is 3. The lowest BCUT2D eigenvalue weighted by Crippen LogP contribution is -2.41. The molecule has 3 amide bonds. The van der Waals surface area contributed by atoms with E-state index in [9.17, 15) is 14.4 Å². The second kappa shape index (κ2) is 8.50. The normalized spacial score (nSPS) is 10.7. The Kier molecular flexibility index (Phi) is 7.79. The molecule has 0 aliphatic carbocycles. The summed E-state index contributed by atoms with van der Waals surface area (Å²) in [5, 5.41) is 8.09. The first-order valence-corrected chi connectivity index (χ1v) is 6.59. The van der Waals surface area contributed by atoms with Crippen molar-refractivity contribution in [2.45, 2.75) is 52.5 Å². The molecule has 6 nitrogen and oxygen atoms in total. The smallest absolute Gasteiger partial charge is 0.220 e. The maximum Gasteiger partial charge on any atom is 0.220 e. The number of nitrogens with one attached hydrogen (secondary N) is 3. The first-order chi connectivity index (χ1) is 8.74. The fourth-order valence-corrected chi connectivity index (χ4v) is 1.33. The molecule has 0 heterocycles. The van der Waals surface area contributed by atoms with Gasteiger partial charge in [0.05, 0.1) is 0 Å². The van der Waals surface area contributed by atoms with Crippen LogP contribution in [0.3, 0.4) is 0 Å². The number of carbonyl (C=O) groups is 3. The molecular formula is C13H25N3O3. The van der Waals surface area contributed by atoms with Crippen LogP contribution in [-0.4, -0.2) is 36.3 Å². The summed E-state index contributed by atoms with van der Waals surface area (Å²) in [6, 6.07) is 0. The van der Waals surface area contributed by atoms with E-state index < -0.39 is 0 Å². The summed E-state index contributed by atoms with van der Waals surface area (Å²) in [7, 11) is 0. The Morgan fingerprint density at radius 2 is 1.32 bits per heavy atom. The highest BCUT2D eigenvalue weighted by Crippen LogP contribution is 2.00. The Hall–Kier alpha value is -1.59. The van der Waals surface area contributed by atoms with Gasteiger partial charge in [0.15, 0.2) is 0 Å². The van der Waals surface area contributed by atoms with E-state index in [0.717, 1.165) is 0 Å². The third-order valence-corrected chi connectivity index (χ3v) is 2.18. The van der Waals surface area contributed by atoms with Crippen LogP contribution in [0.15, 0.2) is 0 Å². The fourth-order valence-electron chi connectivity index (χ4n) is 1.33. The Balaban J connectivity index is 3.65. The van der Waals surface area contributed by atoms with Gasteiger partial charge in [-0.1, -0.05) is 6.92 Å². The Bertz CT molecular complexity index is 322. The molecule has 3 N–H and O–H groups in total. The quantitative estimate of drug-likeness (QED) is 0.583. The highest BCUT2D eigenvalue weighted by Gasteiger charge is 2.14. The first-order valence-electron chi connectivity index (χ1n) is 6.59. The highest BCUT2D eigenvalue weighted by molar-refractivity contribution is 5.84. The summed E-state index contributed by atoms with van der Waals surface area (Å²) in [6.07, 6.45) is 0.759. The SMILES string of the molecule is CCC(=O)NCCNC(=O)CCC(=O)NC(C)(C)C. The molecule has 0 fully saturated rings. The average molecular weight is 271 g/mol. The Labute approximate surface area is 114 Å². The van der Waals surface area contributed by atoms with Crippen molar-refractivity contribution in [2.75, 3.05) is 13.1 Å². The predicted molar refractivity (Wildman–Crippen MR) is 73.4 cm³/mol. The monoisotopic (exact) mass is 271 g/mol. The lowest BCUT2D eigenvalue weighted by molar-refractivity contribution is -0.127. The topological polar surface area (TPSA) is 87.3 Å². The summed E-state index contributed by atoms with van der Waals surface area (Å²) in [6.45, 7) is 8.23. The van der Waals surface area contributed by atoms with Crippen molar-refractivity contribution in [3.8, 4) is 0 Å². The van der Waals surface area contributed by atoms with Crippen molar-refractivity contribution in [3.05, 3.63) is 0 Å². The van der Waals surface area contributed by atoms with E-state index in [-0.39, 0.29) is 36.1 Å². The second-order valence-corrected chi connectivity index (χ2v) is 5.35. The average Bonchev–Trinajstić information content (AvgIpc) is 2.29. The minimum absolute atomic E-state index is 0.0428. The molecule has 0 aromatic heterocycles. The van der Waals surface area contributed by atoms with E-state index in [0.29, 0.717) is 19.5 Å². The van der Waals surface area contributed by atoms with Crippen LogP contribution in [0.2, 0.25) is 0 Å². The number of hydrogen-bond acceptors (Lipinski definition) is 3. The van der Waals surface area contributed by atoms with Gasteiger partial charge in [-0.05, 0) is 20.8 Å². The fraction of sp³-hybridized carbons (Fsp3) is 0.769. The standard InChI is InChI=1S/C13H25N3O3/c1-5-10(17)14-8-9-15-11(18)6-7-12(19)16-13(2,3)4/h5-9H2,1-4H3,(H,14,17)(H,15,18)(H,16,19). The van der Waals surface area contributed by atoms with Crippen LogP contribution in [0.1, 0.15) is 47.0 Å². The highest BCUT2D eigenvalue weighted by atomic mass is 16.2. The van der Waals surface area contributed by atoms with Crippen LogP contribution in [0, 0.1) is 0 Å². The zero-order valence-corrected chi connectivity index (χ0v) is 12.3. The van der Waals surface area contributed by atoms with Gasteiger partial charge in [-0.2, -0.15) is 0 Å². The molecule has 0 bridgehead atoms. The third kappa shape index (κ3) is 11.2. The molecular weight excluding hydrogens is 246 g/mol. The van der Waals surface area contributed by atoms with Gasteiger partial charge in [0, 0.05) is 37.9 Å². The molecule has 0 aliphatic heterocycles. The second-order valence-electron chi connectivity index (χ2n) is 5.35. The van der Waals surface area contributed by atoms with Crippen molar-refractivity contribution in [1.82, 2.24) is 16.0 Å². The van der Waals surface area contributed by atoms with E-state index in [4.69, 9.17) is 0 Å². The molecule has 0 unspecified atom stereocenters. The van der Waals surface area contributed by atoms with Gasteiger partial charge in [0.2, 0.25) is 17.7 Å². The number of hydrogen-bond donors (Lipinski definition) is 3. The van der Waals surface area contributed by atoms with Gasteiger partial charge >= 0.3 is 0 Å². The molecule has 0 rings (SSSR count). The van der Waals surface area contributed by atoms with Gasteiger partial charge < -0.3 is 16.0 Å². The zero-order valence-electron chi connectivity index (χ0n) is 12.3. The molecule has 0 atom stereocenters. The molecule has 110 valence electrons. The molecule has 0 aromatic carbocycles. The van der Waals surface area contributed by atoms with Crippen molar-refractivity contribution in [2.24, 2.45) is 0 Å². The Morgan fingerprint density at radius 3 is 1.79 bits per heavy atom. The molecule has 0 saturated carbocycles. The van der Waals surface area contributed by atoms with Crippen LogP contribution < -0.4 is 16.0 Å². The van der Waals surface area contributed by atoms with E-state index >= 15 is 0 Å². The maximum absolute atomic E-state index is 11.5. The van der Waals surface area contributed by atoms with Crippen LogP contribution in [0.4, 0.5) is 0 Å². The van der Waals surface area contributed by atoms with Crippen molar-refractivity contribution in [1.29, 1.82) is 0 Å². The summed E-state index contributed by atoms with van der Waals surface area (Å²) >= 11 is 0. The lowest BCUT2D eigenvalue weighted by atomic mass is 10.1. The van der Waals surface area contributed by atoms with Crippen LogP contribution in [-0.2, 0) is 14.4 Å². The van der Waals surface area contributed by atoms with E-state index in [1.807, 2.05) is 20.8 Å². The maximum atomic E-state index is 11.5. The van der Waals surface area contributed by atoms with Gasteiger partial charge in [-0.25, -0.2) is 0 Å². The van der Waals surface area contributed by atoms with E-state index in [1.54, 1.807) is 6.92 Å². The number of carbonyl (C=O) groups excluding carboxylic acids is 3. The summed E-state index contributed by atoms with van der Waals surface area (Å²) in [5.41, 5.74) is -0.280. The molecule has 19 heavy (non-hydrogen) atoms. The van der Waals surface area contributed by atoms with Crippen LogP contribution in [0.25, 0.3) is 0 Å². The summed E-state index contributed by atoms with van der Waals surface area (Å²) in [5.74, 6) is -0.365. The zero-order chi connectivity index (χ0) is 14.9. The van der Waals surface area contributed by atoms with Crippen LogP contribution in [0.5, 0.6) is 0 Å². The molecule has 6 heteroatoms. The van der Waals surface area contributed by atoms with E-state index in [2.05, 4.69) is 16.0 Å². The lowest BCUT2D eigenvalue weighted by Gasteiger charge is -2.20. The Morgan fingerprint density at radius 1 is 0.842 bits per heavy atom. The van der Waals surface area contributed by atoms with Gasteiger partial charge in [-0.3, -0.25) is 14.4 Å². The first kappa shape index (κ1) is 17.4. The van der Waals surface area contributed by atoms with Crippen molar-refractivity contribution < 1.29 is 14.4 Å². The summed E-state index contributed by atoms with van der Waals surface area (Å²) < 4.78 is 0. The van der Waals surface area contributed by atoms with Gasteiger partial charge in [0.25, 0.3) is 0 Å².